The smallest absolute Gasteiger partial charge is 0.272 e. The molecule has 4 nitrogen and oxygen atoms in total. The lowest BCUT2D eigenvalue weighted by atomic mass is 10.2. The third kappa shape index (κ3) is 3.64. The van der Waals surface area contributed by atoms with Gasteiger partial charge >= 0.3 is 0 Å². The van der Waals surface area contributed by atoms with E-state index in [9.17, 15) is 4.79 Å². The molecule has 30 heavy (non-hydrogen) atoms. The second-order valence-corrected chi connectivity index (χ2v) is 9.13. The van der Waals surface area contributed by atoms with Crippen molar-refractivity contribution in [1.29, 1.82) is 0 Å². The minimum atomic E-state index is -0.00130. The molecule has 0 saturated carbocycles. The van der Waals surface area contributed by atoms with E-state index in [-0.39, 0.29) is 5.56 Å². The van der Waals surface area contributed by atoms with Crippen LogP contribution in [0.3, 0.4) is 0 Å². The van der Waals surface area contributed by atoms with E-state index in [0.29, 0.717) is 11.2 Å². The molecule has 5 aromatic rings. The van der Waals surface area contributed by atoms with E-state index in [1.54, 1.807) is 22.5 Å². The summed E-state index contributed by atoms with van der Waals surface area (Å²) in [6.07, 6.45) is 1.76. The van der Waals surface area contributed by atoms with Gasteiger partial charge in [0.15, 0.2) is 5.16 Å². The van der Waals surface area contributed by atoms with Crippen molar-refractivity contribution in [3.8, 4) is 0 Å². The largest absolute Gasteiger partial charge is 0.282 e. The summed E-state index contributed by atoms with van der Waals surface area (Å²) in [5, 5.41) is 1.68. The van der Waals surface area contributed by atoms with Gasteiger partial charge < -0.3 is 0 Å². The lowest BCUT2D eigenvalue weighted by Gasteiger charge is -2.12. The van der Waals surface area contributed by atoms with E-state index in [4.69, 9.17) is 4.98 Å². The van der Waals surface area contributed by atoms with Gasteiger partial charge in [-0.15, -0.1) is 11.3 Å². The lowest BCUT2D eigenvalue weighted by molar-refractivity contribution is 0.659. The van der Waals surface area contributed by atoms with Crippen LogP contribution < -0.4 is 5.56 Å². The Morgan fingerprint density at radius 2 is 1.83 bits per heavy atom. The molecular formula is C24H19N3OS2. The molecule has 0 radical (unpaired) electrons. The number of thiophene rings is 1. The predicted molar refractivity (Wildman–Crippen MR) is 125 cm³/mol. The van der Waals surface area contributed by atoms with Gasteiger partial charge in [-0.3, -0.25) is 9.36 Å². The number of nitrogens with zero attached hydrogens (tertiary/aromatic N) is 3. The van der Waals surface area contributed by atoms with Crippen LogP contribution in [0.4, 0.5) is 0 Å². The van der Waals surface area contributed by atoms with Crippen molar-refractivity contribution < 1.29 is 0 Å². The summed E-state index contributed by atoms with van der Waals surface area (Å²) >= 11 is 3.03. The number of rotatable bonds is 5. The summed E-state index contributed by atoms with van der Waals surface area (Å²) in [4.78, 5) is 23.7. The second-order valence-electron chi connectivity index (χ2n) is 7.18. The fraction of sp³-hybridized carbons (Fsp3) is 0.125. The van der Waals surface area contributed by atoms with Gasteiger partial charge in [0.2, 0.25) is 0 Å². The van der Waals surface area contributed by atoms with E-state index < -0.39 is 0 Å². The van der Waals surface area contributed by atoms with E-state index in [2.05, 4.69) is 36.2 Å². The quantitative estimate of drug-likeness (QED) is 0.267. The van der Waals surface area contributed by atoms with Crippen molar-refractivity contribution in [2.45, 2.75) is 24.4 Å². The zero-order valence-corrected chi connectivity index (χ0v) is 18.0. The molecule has 0 spiro atoms. The van der Waals surface area contributed by atoms with E-state index in [1.807, 2.05) is 42.5 Å². The lowest BCUT2D eigenvalue weighted by Crippen LogP contribution is -2.23. The van der Waals surface area contributed by atoms with Gasteiger partial charge in [0, 0.05) is 17.3 Å². The Morgan fingerprint density at radius 3 is 2.67 bits per heavy atom. The van der Waals surface area contributed by atoms with Crippen molar-refractivity contribution in [2.24, 2.45) is 0 Å². The van der Waals surface area contributed by atoms with Crippen molar-refractivity contribution >= 4 is 43.5 Å². The van der Waals surface area contributed by atoms with Crippen LogP contribution in [-0.4, -0.2) is 14.5 Å². The number of pyridine rings is 1. The molecule has 5 rings (SSSR count). The van der Waals surface area contributed by atoms with Crippen LogP contribution in [0.15, 0.2) is 82.9 Å². The van der Waals surface area contributed by atoms with Gasteiger partial charge in [0.05, 0.1) is 12.1 Å². The average molecular weight is 430 g/mol. The molecule has 0 aliphatic rings. The summed E-state index contributed by atoms with van der Waals surface area (Å²) in [5.41, 5.74) is 4.28. The molecule has 0 aliphatic heterocycles. The Morgan fingerprint density at radius 1 is 1.00 bits per heavy atom. The molecule has 3 heterocycles. The normalized spacial score (nSPS) is 11.4. The van der Waals surface area contributed by atoms with Crippen LogP contribution in [0.1, 0.15) is 16.7 Å². The molecule has 0 N–H and O–H groups in total. The Labute approximate surface area is 182 Å². The molecule has 0 saturated heterocycles. The molecule has 148 valence electrons. The number of hydrogen-bond acceptors (Lipinski definition) is 5. The molecule has 0 fully saturated rings. The maximum absolute atomic E-state index is 13.5. The molecule has 0 amide bonds. The van der Waals surface area contributed by atoms with Crippen LogP contribution in [-0.2, 0) is 12.3 Å². The Hall–Kier alpha value is -2.96. The van der Waals surface area contributed by atoms with Gasteiger partial charge in [-0.05, 0) is 30.2 Å². The standard InChI is InChI=1S/C24H19N3OS2/c1-16-7-5-10-18(13-16)15-29-24-26-20-19-11-6-12-25-22(19)30-21(20)23(28)27(24)14-17-8-3-2-4-9-17/h2-13H,14-15H2,1H3. The first-order valence-corrected chi connectivity index (χ1v) is 11.5. The van der Waals surface area contributed by atoms with Gasteiger partial charge in [-0.25, -0.2) is 9.97 Å². The average Bonchev–Trinajstić information content (AvgIpc) is 3.14. The number of benzene rings is 2. The van der Waals surface area contributed by atoms with Crippen LogP contribution >= 0.6 is 23.1 Å². The number of aromatic nitrogens is 3. The van der Waals surface area contributed by atoms with Crippen molar-refractivity contribution in [1.82, 2.24) is 14.5 Å². The SMILES string of the molecule is Cc1cccc(CSc2nc3c(sc4ncccc43)c(=O)n2Cc2ccccc2)c1. The molecule has 0 unspecified atom stereocenters. The molecule has 0 atom stereocenters. The van der Waals surface area contributed by atoms with Crippen molar-refractivity contribution in [3.63, 3.8) is 0 Å². The van der Waals surface area contributed by atoms with E-state index in [0.717, 1.165) is 32.2 Å². The van der Waals surface area contributed by atoms with Gasteiger partial charge in [-0.1, -0.05) is 71.9 Å². The Kier molecular flexibility index (Phi) is 5.11. The zero-order chi connectivity index (χ0) is 20.5. The van der Waals surface area contributed by atoms with Crippen molar-refractivity contribution in [2.75, 3.05) is 0 Å². The monoisotopic (exact) mass is 429 g/mol. The first kappa shape index (κ1) is 19.0. The summed E-state index contributed by atoms with van der Waals surface area (Å²) in [7, 11) is 0. The summed E-state index contributed by atoms with van der Waals surface area (Å²) in [5.74, 6) is 0.759. The second kappa shape index (κ2) is 8.05. The maximum Gasteiger partial charge on any atom is 0.272 e. The first-order chi connectivity index (χ1) is 14.7. The van der Waals surface area contributed by atoms with Crippen LogP contribution in [0.25, 0.3) is 20.4 Å². The van der Waals surface area contributed by atoms with Crippen molar-refractivity contribution in [3.05, 3.63) is 100.0 Å². The fourth-order valence-corrected chi connectivity index (χ4v) is 5.47. The molecule has 6 heteroatoms. The molecule has 0 bridgehead atoms. The van der Waals surface area contributed by atoms with Crippen LogP contribution in [0.5, 0.6) is 0 Å². The highest BCUT2D eigenvalue weighted by atomic mass is 32.2. The van der Waals surface area contributed by atoms with Crippen LogP contribution in [0, 0.1) is 6.92 Å². The highest BCUT2D eigenvalue weighted by molar-refractivity contribution is 7.98. The minimum absolute atomic E-state index is 0.00130. The third-order valence-corrected chi connectivity index (χ3v) is 7.09. The van der Waals surface area contributed by atoms with Gasteiger partial charge in [-0.2, -0.15) is 0 Å². The van der Waals surface area contributed by atoms with E-state index >= 15 is 0 Å². The topological polar surface area (TPSA) is 47.8 Å². The van der Waals surface area contributed by atoms with Gasteiger partial charge in [0.1, 0.15) is 9.53 Å². The molecule has 0 aliphatic carbocycles. The Balaban J connectivity index is 1.64. The summed E-state index contributed by atoms with van der Waals surface area (Å²) in [6, 6.07) is 22.4. The number of hydrogen-bond donors (Lipinski definition) is 0. The first-order valence-electron chi connectivity index (χ1n) is 9.69. The Bertz CT molecular complexity index is 1410. The molecular weight excluding hydrogens is 410 g/mol. The zero-order valence-electron chi connectivity index (χ0n) is 16.4. The number of aryl methyl sites for hydroxylation is 1. The van der Waals surface area contributed by atoms with Crippen LogP contribution in [0.2, 0.25) is 0 Å². The summed E-state index contributed by atoms with van der Waals surface area (Å²) in [6.45, 7) is 2.59. The molecule has 3 aromatic heterocycles. The third-order valence-electron chi connectivity index (χ3n) is 4.95. The highest BCUT2D eigenvalue weighted by Crippen LogP contribution is 2.31. The molecule has 2 aromatic carbocycles. The fourth-order valence-electron chi connectivity index (χ4n) is 3.51. The van der Waals surface area contributed by atoms with Gasteiger partial charge in [0.25, 0.3) is 5.56 Å². The highest BCUT2D eigenvalue weighted by Gasteiger charge is 2.17. The van der Waals surface area contributed by atoms with E-state index in [1.165, 1.54) is 22.5 Å². The predicted octanol–water partition coefficient (Wildman–Crippen LogP) is 5.66. The maximum atomic E-state index is 13.5. The summed E-state index contributed by atoms with van der Waals surface area (Å²) < 4.78 is 2.47. The number of thioether (sulfide) groups is 1. The number of fused-ring (bicyclic) bond motifs is 3. The minimum Gasteiger partial charge on any atom is -0.282 e.